The molecule has 0 saturated carbocycles. The highest BCUT2D eigenvalue weighted by Gasteiger charge is 2.13. The SMILES string of the molecule is Cc1cnc(CN(CC(C)C)C(C)C)s1. The van der Waals surface area contributed by atoms with Crippen LogP contribution in [0.5, 0.6) is 0 Å². The first-order valence-electron chi connectivity index (χ1n) is 5.64. The summed E-state index contributed by atoms with van der Waals surface area (Å²) in [5.41, 5.74) is 0. The molecule has 0 saturated heterocycles. The van der Waals surface area contributed by atoms with Crippen molar-refractivity contribution >= 4 is 11.3 Å². The molecular formula is C12H22N2S. The molecular weight excluding hydrogens is 204 g/mol. The van der Waals surface area contributed by atoms with Gasteiger partial charge in [0.25, 0.3) is 0 Å². The second-order valence-corrected chi connectivity index (χ2v) is 6.10. The van der Waals surface area contributed by atoms with Crippen LogP contribution in [-0.2, 0) is 6.54 Å². The highest BCUT2D eigenvalue weighted by atomic mass is 32.1. The van der Waals surface area contributed by atoms with E-state index in [1.807, 2.05) is 17.5 Å². The molecule has 1 rings (SSSR count). The first kappa shape index (κ1) is 12.7. The number of aromatic nitrogens is 1. The maximum Gasteiger partial charge on any atom is 0.107 e. The molecule has 0 amide bonds. The second-order valence-electron chi connectivity index (χ2n) is 4.78. The number of rotatable bonds is 5. The summed E-state index contributed by atoms with van der Waals surface area (Å²) >= 11 is 1.81. The van der Waals surface area contributed by atoms with Gasteiger partial charge in [-0.25, -0.2) is 4.98 Å². The number of hydrogen-bond donors (Lipinski definition) is 0. The molecule has 1 aromatic heterocycles. The third kappa shape index (κ3) is 4.31. The Morgan fingerprint density at radius 2 is 2.00 bits per heavy atom. The minimum Gasteiger partial charge on any atom is -0.294 e. The molecule has 0 fully saturated rings. The van der Waals surface area contributed by atoms with Crippen LogP contribution in [0.1, 0.15) is 37.6 Å². The van der Waals surface area contributed by atoms with E-state index in [1.165, 1.54) is 9.88 Å². The standard InChI is InChI=1S/C12H22N2S/c1-9(2)7-14(10(3)4)8-12-13-6-11(5)15-12/h6,9-10H,7-8H2,1-5H3. The van der Waals surface area contributed by atoms with Gasteiger partial charge >= 0.3 is 0 Å². The first-order valence-corrected chi connectivity index (χ1v) is 6.46. The summed E-state index contributed by atoms with van der Waals surface area (Å²) in [4.78, 5) is 8.22. The Labute approximate surface area is 97.3 Å². The normalized spacial score (nSPS) is 12.0. The summed E-state index contributed by atoms with van der Waals surface area (Å²) < 4.78 is 0. The molecule has 0 aliphatic carbocycles. The van der Waals surface area contributed by atoms with E-state index in [1.54, 1.807) is 0 Å². The van der Waals surface area contributed by atoms with Gasteiger partial charge in [-0.15, -0.1) is 11.3 Å². The summed E-state index contributed by atoms with van der Waals surface area (Å²) in [6.07, 6.45) is 1.97. The number of hydrogen-bond acceptors (Lipinski definition) is 3. The van der Waals surface area contributed by atoms with Crippen LogP contribution in [0, 0.1) is 12.8 Å². The summed E-state index contributed by atoms with van der Waals surface area (Å²) in [5, 5.41) is 1.24. The molecule has 0 spiro atoms. The van der Waals surface area contributed by atoms with Crippen LogP contribution >= 0.6 is 11.3 Å². The summed E-state index contributed by atoms with van der Waals surface area (Å²) in [7, 11) is 0. The van der Waals surface area contributed by atoms with E-state index < -0.39 is 0 Å². The fourth-order valence-electron chi connectivity index (χ4n) is 1.58. The van der Waals surface area contributed by atoms with Gasteiger partial charge in [0.05, 0.1) is 6.54 Å². The molecule has 2 nitrogen and oxygen atoms in total. The zero-order chi connectivity index (χ0) is 11.4. The molecule has 0 unspecified atom stereocenters. The molecule has 0 N–H and O–H groups in total. The molecule has 0 aliphatic heterocycles. The van der Waals surface area contributed by atoms with Crippen LogP contribution in [0.4, 0.5) is 0 Å². The molecule has 1 heterocycles. The number of aryl methyl sites for hydroxylation is 1. The summed E-state index contributed by atoms with van der Waals surface area (Å²) in [5.74, 6) is 0.716. The predicted molar refractivity (Wildman–Crippen MR) is 67.2 cm³/mol. The zero-order valence-electron chi connectivity index (χ0n) is 10.4. The Kier molecular flexibility index (Phi) is 4.74. The lowest BCUT2D eigenvalue weighted by Crippen LogP contribution is -2.33. The lowest BCUT2D eigenvalue weighted by atomic mass is 10.2. The average Bonchev–Trinajstić information content (AvgIpc) is 2.49. The van der Waals surface area contributed by atoms with E-state index >= 15 is 0 Å². The van der Waals surface area contributed by atoms with Crippen molar-refractivity contribution in [3.63, 3.8) is 0 Å². The third-order valence-electron chi connectivity index (χ3n) is 2.34. The largest absolute Gasteiger partial charge is 0.294 e. The molecule has 1 aromatic rings. The van der Waals surface area contributed by atoms with Crippen molar-refractivity contribution in [1.82, 2.24) is 9.88 Å². The zero-order valence-corrected chi connectivity index (χ0v) is 11.3. The van der Waals surface area contributed by atoms with Crippen LogP contribution in [0.15, 0.2) is 6.20 Å². The van der Waals surface area contributed by atoms with Gasteiger partial charge in [-0.05, 0) is 26.7 Å². The Morgan fingerprint density at radius 3 is 2.40 bits per heavy atom. The van der Waals surface area contributed by atoms with E-state index in [4.69, 9.17) is 0 Å². The van der Waals surface area contributed by atoms with Crippen LogP contribution in [0.25, 0.3) is 0 Å². The van der Waals surface area contributed by atoms with Gasteiger partial charge < -0.3 is 0 Å². The molecule has 0 bridgehead atoms. The summed E-state index contributed by atoms with van der Waals surface area (Å²) in [6, 6.07) is 0.594. The van der Waals surface area contributed by atoms with E-state index in [9.17, 15) is 0 Å². The fourth-order valence-corrected chi connectivity index (χ4v) is 2.39. The van der Waals surface area contributed by atoms with E-state index in [-0.39, 0.29) is 0 Å². The smallest absolute Gasteiger partial charge is 0.107 e. The van der Waals surface area contributed by atoms with Crippen molar-refractivity contribution in [2.45, 2.75) is 47.2 Å². The van der Waals surface area contributed by atoms with E-state index in [0.717, 1.165) is 13.1 Å². The number of thiazole rings is 1. The number of nitrogens with zero attached hydrogens (tertiary/aromatic N) is 2. The van der Waals surface area contributed by atoms with Gasteiger partial charge in [-0.2, -0.15) is 0 Å². The Morgan fingerprint density at radius 1 is 1.33 bits per heavy atom. The van der Waals surface area contributed by atoms with Crippen molar-refractivity contribution < 1.29 is 0 Å². The van der Waals surface area contributed by atoms with E-state index in [2.05, 4.69) is 44.5 Å². The summed E-state index contributed by atoms with van der Waals surface area (Å²) in [6.45, 7) is 13.3. The fraction of sp³-hybridized carbons (Fsp3) is 0.750. The monoisotopic (exact) mass is 226 g/mol. The Hall–Kier alpha value is -0.410. The van der Waals surface area contributed by atoms with Gasteiger partial charge in [0, 0.05) is 23.7 Å². The molecule has 0 aromatic carbocycles. The minimum absolute atomic E-state index is 0.594. The van der Waals surface area contributed by atoms with Gasteiger partial charge in [0.2, 0.25) is 0 Å². The maximum absolute atomic E-state index is 4.42. The van der Waals surface area contributed by atoms with Crippen LogP contribution < -0.4 is 0 Å². The molecule has 3 heteroatoms. The van der Waals surface area contributed by atoms with Gasteiger partial charge in [0.1, 0.15) is 5.01 Å². The molecule has 86 valence electrons. The maximum atomic E-state index is 4.42. The highest BCUT2D eigenvalue weighted by molar-refractivity contribution is 7.11. The lowest BCUT2D eigenvalue weighted by molar-refractivity contribution is 0.189. The molecule has 15 heavy (non-hydrogen) atoms. The van der Waals surface area contributed by atoms with Crippen molar-refractivity contribution in [2.24, 2.45) is 5.92 Å². The van der Waals surface area contributed by atoms with Gasteiger partial charge in [0.15, 0.2) is 0 Å². The second kappa shape index (κ2) is 5.61. The molecule has 0 radical (unpaired) electrons. The lowest BCUT2D eigenvalue weighted by Gasteiger charge is -2.27. The van der Waals surface area contributed by atoms with Crippen LogP contribution in [-0.4, -0.2) is 22.5 Å². The quantitative estimate of drug-likeness (QED) is 0.765. The van der Waals surface area contributed by atoms with Crippen LogP contribution in [0.2, 0.25) is 0 Å². The molecule has 0 aliphatic rings. The van der Waals surface area contributed by atoms with Gasteiger partial charge in [-0.3, -0.25) is 4.90 Å². The van der Waals surface area contributed by atoms with Crippen molar-refractivity contribution in [3.05, 3.63) is 16.1 Å². The third-order valence-corrected chi connectivity index (χ3v) is 3.23. The average molecular weight is 226 g/mol. The minimum atomic E-state index is 0.594. The van der Waals surface area contributed by atoms with Crippen molar-refractivity contribution in [1.29, 1.82) is 0 Å². The topological polar surface area (TPSA) is 16.1 Å². The van der Waals surface area contributed by atoms with Crippen LogP contribution in [0.3, 0.4) is 0 Å². The highest BCUT2D eigenvalue weighted by Crippen LogP contribution is 2.16. The molecule has 0 atom stereocenters. The Bertz CT molecular complexity index is 292. The first-order chi connectivity index (χ1) is 6.99. The van der Waals surface area contributed by atoms with Crippen molar-refractivity contribution in [2.75, 3.05) is 6.54 Å². The Balaban J connectivity index is 2.58. The predicted octanol–water partition coefficient (Wildman–Crippen LogP) is 3.32. The van der Waals surface area contributed by atoms with Gasteiger partial charge in [-0.1, -0.05) is 13.8 Å². The van der Waals surface area contributed by atoms with E-state index in [0.29, 0.717) is 12.0 Å². The van der Waals surface area contributed by atoms with Crippen molar-refractivity contribution in [3.8, 4) is 0 Å².